The molecule has 84 valence electrons. The van der Waals surface area contributed by atoms with Crippen LogP contribution in [0.15, 0.2) is 23.1 Å². The highest BCUT2D eigenvalue weighted by molar-refractivity contribution is 9.10. The van der Waals surface area contributed by atoms with Crippen molar-refractivity contribution < 1.29 is 0 Å². The summed E-state index contributed by atoms with van der Waals surface area (Å²) in [6, 6.07) is 2.03. The van der Waals surface area contributed by atoms with Crippen molar-refractivity contribution in [1.29, 1.82) is 0 Å². The van der Waals surface area contributed by atoms with E-state index in [1.165, 1.54) is 6.33 Å². The van der Waals surface area contributed by atoms with E-state index >= 15 is 0 Å². The Morgan fingerprint density at radius 3 is 2.88 bits per heavy atom. The third-order valence-electron chi connectivity index (χ3n) is 2.26. The average molecular weight is 282 g/mol. The van der Waals surface area contributed by atoms with Crippen molar-refractivity contribution in [2.75, 3.05) is 5.32 Å². The number of aromatic nitrogens is 4. The number of halogens is 1. The van der Waals surface area contributed by atoms with E-state index in [1.807, 2.05) is 19.9 Å². The van der Waals surface area contributed by atoms with Gasteiger partial charge in [0.25, 0.3) is 0 Å². The number of pyridine rings is 1. The van der Waals surface area contributed by atoms with Crippen molar-refractivity contribution in [2.24, 2.45) is 0 Å². The number of aromatic amines is 1. The lowest BCUT2D eigenvalue weighted by molar-refractivity contribution is 0.790. The summed E-state index contributed by atoms with van der Waals surface area (Å²) in [4.78, 5) is 8.36. The molecular weight excluding hydrogens is 270 g/mol. The summed E-state index contributed by atoms with van der Waals surface area (Å²) in [5.74, 6) is 1.62. The standard InChI is InChI=1S/C10H12BrN5/c1-6-3-9(12-4-8(6)11)15-7(2)10-13-5-14-16-10/h3-5,7H,1-2H3,(H,12,15)(H,13,14,16). The van der Waals surface area contributed by atoms with E-state index < -0.39 is 0 Å². The Labute approximate surface area is 102 Å². The van der Waals surface area contributed by atoms with Crippen molar-refractivity contribution in [3.8, 4) is 0 Å². The maximum atomic E-state index is 4.27. The van der Waals surface area contributed by atoms with Gasteiger partial charge in [-0.15, -0.1) is 0 Å². The molecule has 0 bridgehead atoms. The minimum Gasteiger partial charge on any atom is -0.360 e. The molecule has 6 heteroatoms. The van der Waals surface area contributed by atoms with Gasteiger partial charge in [-0.25, -0.2) is 9.97 Å². The van der Waals surface area contributed by atoms with Crippen LogP contribution in [0.3, 0.4) is 0 Å². The number of rotatable bonds is 3. The van der Waals surface area contributed by atoms with Gasteiger partial charge >= 0.3 is 0 Å². The van der Waals surface area contributed by atoms with E-state index in [4.69, 9.17) is 0 Å². The highest BCUT2D eigenvalue weighted by atomic mass is 79.9. The summed E-state index contributed by atoms with van der Waals surface area (Å²) >= 11 is 3.42. The Kier molecular flexibility index (Phi) is 3.19. The quantitative estimate of drug-likeness (QED) is 0.907. The minimum absolute atomic E-state index is 0.0515. The van der Waals surface area contributed by atoms with Gasteiger partial charge in [-0.3, -0.25) is 5.10 Å². The van der Waals surface area contributed by atoms with Gasteiger partial charge in [0.2, 0.25) is 0 Å². The summed E-state index contributed by atoms with van der Waals surface area (Å²) in [7, 11) is 0. The Morgan fingerprint density at radius 1 is 1.44 bits per heavy atom. The Hall–Kier alpha value is -1.43. The van der Waals surface area contributed by atoms with Gasteiger partial charge in [0.05, 0.1) is 6.04 Å². The second-order valence-electron chi connectivity index (χ2n) is 3.56. The maximum Gasteiger partial charge on any atom is 0.146 e. The van der Waals surface area contributed by atoms with Crippen molar-refractivity contribution in [2.45, 2.75) is 19.9 Å². The molecule has 2 rings (SSSR count). The predicted octanol–water partition coefficient (Wildman–Crippen LogP) is 2.44. The molecule has 0 saturated heterocycles. The molecule has 0 saturated carbocycles. The predicted molar refractivity (Wildman–Crippen MR) is 65.1 cm³/mol. The minimum atomic E-state index is 0.0515. The van der Waals surface area contributed by atoms with Crippen LogP contribution in [0.5, 0.6) is 0 Å². The second kappa shape index (κ2) is 4.61. The van der Waals surface area contributed by atoms with Crippen molar-refractivity contribution >= 4 is 21.7 Å². The van der Waals surface area contributed by atoms with Gasteiger partial charge in [-0.05, 0) is 41.4 Å². The SMILES string of the molecule is Cc1cc(NC(C)c2ncn[nH]2)ncc1Br. The van der Waals surface area contributed by atoms with Gasteiger partial charge in [-0.2, -0.15) is 5.10 Å². The molecule has 16 heavy (non-hydrogen) atoms. The Morgan fingerprint density at radius 2 is 2.25 bits per heavy atom. The first-order chi connectivity index (χ1) is 7.66. The van der Waals surface area contributed by atoms with Gasteiger partial charge < -0.3 is 5.32 Å². The molecule has 0 fully saturated rings. The molecule has 2 aromatic heterocycles. The highest BCUT2D eigenvalue weighted by Crippen LogP contribution is 2.19. The number of aryl methyl sites for hydroxylation is 1. The first-order valence-electron chi connectivity index (χ1n) is 4.91. The lowest BCUT2D eigenvalue weighted by Crippen LogP contribution is -2.09. The number of anilines is 1. The van der Waals surface area contributed by atoms with Crippen LogP contribution in [0.25, 0.3) is 0 Å². The van der Waals surface area contributed by atoms with Crippen molar-refractivity contribution in [3.63, 3.8) is 0 Å². The zero-order chi connectivity index (χ0) is 11.5. The fourth-order valence-corrected chi connectivity index (χ4v) is 1.55. The highest BCUT2D eigenvalue weighted by Gasteiger charge is 2.08. The number of H-pyrrole nitrogens is 1. The second-order valence-corrected chi connectivity index (χ2v) is 4.41. The molecule has 0 aliphatic rings. The fourth-order valence-electron chi connectivity index (χ4n) is 1.33. The van der Waals surface area contributed by atoms with Crippen molar-refractivity contribution in [3.05, 3.63) is 34.5 Å². The van der Waals surface area contributed by atoms with E-state index in [0.717, 1.165) is 21.7 Å². The molecule has 5 nitrogen and oxygen atoms in total. The van der Waals surface area contributed by atoms with E-state index in [9.17, 15) is 0 Å². The van der Waals surface area contributed by atoms with Gasteiger partial charge in [0.1, 0.15) is 18.0 Å². The van der Waals surface area contributed by atoms with Crippen LogP contribution in [0.4, 0.5) is 5.82 Å². The summed E-state index contributed by atoms with van der Waals surface area (Å²) in [5.41, 5.74) is 1.14. The number of nitrogens with zero attached hydrogens (tertiary/aromatic N) is 3. The lowest BCUT2D eigenvalue weighted by Gasteiger charge is -2.12. The molecule has 0 radical (unpaired) electrons. The number of nitrogens with one attached hydrogen (secondary N) is 2. The van der Waals surface area contributed by atoms with Crippen LogP contribution in [0.2, 0.25) is 0 Å². The van der Waals surface area contributed by atoms with Crippen LogP contribution in [0.1, 0.15) is 24.4 Å². The smallest absolute Gasteiger partial charge is 0.146 e. The van der Waals surface area contributed by atoms with Crippen LogP contribution in [0, 0.1) is 6.92 Å². The van der Waals surface area contributed by atoms with Crippen molar-refractivity contribution in [1.82, 2.24) is 20.2 Å². The topological polar surface area (TPSA) is 66.5 Å². The zero-order valence-electron chi connectivity index (χ0n) is 9.03. The fraction of sp³-hybridized carbons (Fsp3) is 0.300. The lowest BCUT2D eigenvalue weighted by atomic mass is 10.2. The van der Waals surface area contributed by atoms with E-state index in [2.05, 4.69) is 41.4 Å². The Bertz CT molecular complexity index is 468. The van der Waals surface area contributed by atoms with E-state index in [0.29, 0.717) is 0 Å². The maximum absolute atomic E-state index is 4.27. The van der Waals surface area contributed by atoms with Crippen LogP contribution in [-0.4, -0.2) is 20.2 Å². The molecular formula is C10H12BrN5. The van der Waals surface area contributed by atoms with E-state index in [1.54, 1.807) is 6.20 Å². The molecule has 1 atom stereocenters. The average Bonchev–Trinajstić information content (AvgIpc) is 2.77. The normalized spacial score (nSPS) is 12.4. The number of hydrogen-bond donors (Lipinski definition) is 2. The number of hydrogen-bond acceptors (Lipinski definition) is 4. The Balaban J connectivity index is 2.12. The van der Waals surface area contributed by atoms with Crippen LogP contribution in [-0.2, 0) is 0 Å². The summed E-state index contributed by atoms with van der Waals surface area (Å²) in [5, 5.41) is 9.88. The zero-order valence-corrected chi connectivity index (χ0v) is 10.6. The molecule has 0 aromatic carbocycles. The van der Waals surface area contributed by atoms with Gasteiger partial charge in [0.15, 0.2) is 0 Å². The van der Waals surface area contributed by atoms with Gasteiger partial charge in [-0.1, -0.05) is 0 Å². The largest absolute Gasteiger partial charge is 0.360 e. The molecule has 2 heterocycles. The third kappa shape index (κ3) is 2.38. The van der Waals surface area contributed by atoms with Gasteiger partial charge in [0, 0.05) is 10.7 Å². The molecule has 0 amide bonds. The molecule has 2 N–H and O–H groups in total. The molecule has 1 unspecified atom stereocenters. The van der Waals surface area contributed by atoms with Crippen LogP contribution >= 0.6 is 15.9 Å². The first kappa shape index (κ1) is 11.1. The first-order valence-corrected chi connectivity index (χ1v) is 5.70. The molecule has 0 aliphatic carbocycles. The molecule has 0 aliphatic heterocycles. The van der Waals surface area contributed by atoms with E-state index in [-0.39, 0.29) is 6.04 Å². The summed E-state index contributed by atoms with van der Waals surface area (Å²) in [6.07, 6.45) is 3.28. The molecule has 2 aromatic rings. The summed E-state index contributed by atoms with van der Waals surface area (Å²) in [6.45, 7) is 4.02. The monoisotopic (exact) mass is 281 g/mol. The van der Waals surface area contributed by atoms with Crippen LogP contribution < -0.4 is 5.32 Å². The summed E-state index contributed by atoms with van der Waals surface area (Å²) < 4.78 is 1.00. The molecule has 0 spiro atoms. The third-order valence-corrected chi connectivity index (χ3v) is 3.09.